The highest BCUT2D eigenvalue weighted by Crippen LogP contribution is 2.47. The fourth-order valence-corrected chi connectivity index (χ4v) is 4.11. The first-order chi connectivity index (χ1) is 12.0. The minimum absolute atomic E-state index is 0.184. The summed E-state index contributed by atoms with van der Waals surface area (Å²) >= 11 is 11.0. The SMILES string of the molecule is C#COC1=C(Cl)C(Br)C(F)c2nc(SC)nc(N3CCC(NC)C3)c21. The molecule has 9 heteroatoms. The molecule has 2 aliphatic rings. The van der Waals surface area contributed by atoms with Gasteiger partial charge in [-0.15, -0.1) is 0 Å². The third kappa shape index (κ3) is 3.35. The number of aromatic nitrogens is 2. The number of fused-ring (bicyclic) bond motifs is 1. The number of ether oxygens (including phenoxy) is 1. The van der Waals surface area contributed by atoms with Crippen LogP contribution < -0.4 is 10.2 Å². The number of nitrogens with one attached hydrogen (secondary N) is 1. The summed E-state index contributed by atoms with van der Waals surface area (Å²) < 4.78 is 20.3. The van der Waals surface area contributed by atoms with Gasteiger partial charge in [0.25, 0.3) is 0 Å². The Bertz CT molecular complexity index is 756. The number of allylic oxidation sites excluding steroid dienone is 1. The molecule has 1 N–H and O–H groups in total. The van der Waals surface area contributed by atoms with Gasteiger partial charge in [-0.1, -0.05) is 45.7 Å². The molecule has 3 atom stereocenters. The molecule has 3 rings (SSSR count). The smallest absolute Gasteiger partial charge is 0.189 e. The Balaban J connectivity index is 2.19. The van der Waals surface area contributed by atoms with Crippen molar-refractivity contribution in [2.24, 2.45) is 0 Å². The second-order valence-corrected chi connectivity index (χ2v) is 7.88. The number of rotatable bonds is 4. The average Bonchev–Trinajstić information content (AvgIpc) is 3.11. The molecule has 1 fully saturated rings. The Kier molecular flexibility index (Phi) is 5.78. The van der Waals surface area contributed by atoms with Crippen molar-refractivity contribution in [1.29, 1.82) is 0 Å². The fourth-order valence-electron chi connectivity index (χ4n) is 3.04. The van der Waals surface area contributed by atoms with E-state index >= 15 is 0 Å². The van der Waals surface area contributed by atoms with Crippen LogP contribution in [0.2, 0.25) is 0 Å². The maximum absolute atomic E-state index is 15.0. The van der Waals surface area contributed by atoms with Crippen LogP contribution in [0.5, 0.6) is 0 Å². The van der Waals surface area contributed by atoms with Crippen molar-refractivity contribution in [2.45, 2.75) is 28.6 Å². The number of likely N-dealkylation sites (N-methyl/N-ethyl adjacent to an activating group) is 1. The molecule has 0 saturated carbocycles. The zero-order valence-electron chi connectivity index (χ0n) is 13.7. The predicted molar refractivity (Wildman–Crippen MR) is 103 cm³/mol. The van der Waals surface area contributed by atoms with E-state index in [-0.39, 0.29) is 16.5 Å². The number of hydrogen-bond acceptors (Lipinski definition) is 6. The van der Waals surface area contributed by atoms with Crippen molar-refractivity contribution in [3.63, 3.8) is 0 Å². The second kappa shape index (κ2) is 7.70. The van der Waals surface area contributed by atoms with Gasteiger partial charge in [0, 0.05) is 19.1 Å². The molecule has 0 radical (unpaired) electrons. The van der Waals surface area contributed by atoms with E-state index in [0.717, 1.165) is 19.5 Å². The van der Waals surface area contributed by atoms with Crippen molar-refractivity contribution in [1.82, 2.24) is 15.3 Å². The van der Waals surface area contributed by atoms with E-state index in [1.54, 1.807) is 0 Å². The summed E-state index contributed by atoms with van der Waals surface area (Å²) in [5, 5.41) is 3.95. The Labute approximate surface area is 163 Å². The zero-order chi connectivity index (χ0) is 18.1. The first kappa shape index (κ1) is 18.8. The van der Waals surface area contributed by atoms with Gasteiger partial charge in [0.1, 0.15) is 11.9 Å². The Hall–Kier alpha value is -1.01. The normalized spacial score (nSPS) is 25.8. The molecule has 25 heavy (non-hydrogen) atoms. The van der Waals surface area contributed by atoms with Gasteiger partial charge in [-0.05, 0) is 19.7 Å². The van der Waals surface area contributed by atoms with E-state index < -0.39 is 11.0 Å². The van der Waals surface area contributed by atoms with Gasteiger partial charge in [0.05, 0.1) is 21.1 Å². The standard InChI is InChI=1S/C16H17BrClFN4OS/c1-4-24-14-9-13(12(19)10(17)11(14)18)21-16(25-3)22-15(9)23-6-5-8(7-23)20-2/h1,8,10,12,20H,5-7H2,2-3H3. The number of hydrogen-bond donors (Lipinski definition) is 1. The number of alkyl halides is 2. The maximum atomic E-state index is 15.0. The van der Waals surface area contributed by atoms with Crippen LogP contribution in [-0.2, 0) is 4.74 Å². The van der Waals surface area contributed by atoms with Gasteiger partial charge in [-0.3, -0.25) is 0 Å². The molecule has 1 aliphatic heterocycles. The van der Waals surface area contributed by atoms with E-state index in [4.69, 9.17) is 22.8 Å². The molecule has 3 unspecified atom stereocenters. The molecule has 0 amide bonds. The van der Waals surface area contributed by atoms with Crippen molar-refractivity contribution >= 4 is 50.9 Å². The van der Waals surface area contributed by atoms with Crippen molar-refractivity contribution in [2.75, 3.05) is 31.3 Å². The maximum Gasteiger partial charge on any atom is 0.189 e. The fraction of sp³-hybridized carbons (Fsp3) is 0.500. The van der Waals surface area contributed by atoms with E-state index in [1.165, 1.54) is 11.8 Å². The highest BCUT2D eigenvalue weighted by atomic mass is 79.9. The number of thioether (sulfide) groups is 1. The van der Waals surface area contributed by atoms with Crippen molar-refractivity contribution in [3.8, 4) is 12.5 Å². The number of terminal acetylenes is 1. The lowest BCUT2D eigenvalue weighted by atomic mass is 9.99. The van der Waals surface area contributed by atoms with Gasteiger partial charge in [-0.2, -0.15) is 0 Å². The van der Waals surface area contributed by atoms with Gasteiger partial charge < -0.3 is 15.0 Å². The highest BCUT2D eigenvalue weighted by Gasteiger charge is 2.40. The van der Waals surface area contributed by atoms with E-state index in [9.17, 15) is 4.39 Å². The molecular formula is C16H17BrClFN4OS. The van der Waals surface area contributed by atoms with Crippen LogP contribution in [0.15, 0.2) is 10.2 Å². The molecule has 1 aromatic heterocycles. The van der Waals surface area contributed by atoms with Crippen LogP contribution in [0, 0.1) is 12.5 Å². The third-order valence-electron chi connectivity index (χ3n) is 4.34. The molecule has 1 aromatic rings. The van der Waals surface area contributed by atoms with Crippen molar-refractivity contribution < 1.29 is 9.13 Å². The number of anilines is 1. The summed E-state index contributed by atoms with van der Waals surface area (Å²) in [5.74, 6) is 0.850. The van der Waals surface area contributed by atoms with Crippen LogP contribution in [0.3, 0.4) is 0 Å². The van der Waals surface area contributed by atoms with Gasteiger partial charge in [0.15, 0.2) is 17.1 Å². The topological polar surface area (TPSA) is 50.3 Å². The van der Waals surface area contributed by atoms with E-state index in [2.05, 4.69) is 42.2 Å². The predicted octanol–water partition coefficient (Wildman–Crippen LogP) is 3.30. The lowest BCUT2D eigenvalue weighted by Gasteiger charge is -2.29. The molecule has 0 bridgehead atoms. The van der Waals surface area contributed by atoms with Gasteiger partial charge in [-0.25, -0.2) is 14.4 Å². The lowest BCUT2D eigenvalue weighted by Crippen LogP contribution is -2.31. The molecular weight excluding hydrogens is 431 g/mol. The van der Waals surface area contributed by atoms with Gasteiger partial charge >= 0.3 is 0 Å². The molecule has 134 valence electrons. The first-order valence-electron chi connectivity index (χ1n) is 7.70. The summed E-state index contributed by atoms with van der Waals surface area (Å²) in [7, 11) is 1.92. The molecule has 0 aromatic carbocycles. The Morgan fingerprint density at radius 1 is 1.52 bits per heavy atom. The molecule has 5 nitrogen and oxygen atoms in total. The van der Waals surface area contributed by atoms with Gasteiger partial charge in [0.2, 0.25) is 0 Å². The molecule has 1 aliphatic carbocycles. The minimum Gasteiger partial charge on any atom is -0.406 e. The Morgan fingerprint density at radius 2 is 2.28 bits per heavy atom. The van der Waals surface area contributed by atoms with Crippen LogP contribution in [0.4, 0.5) is 10.2 Å². The zero-order valence-corrected chi connectivity index (χ0v) is 16.9. The highest BCUT2D eigenvalue weighted by molar-refractivity contribution is 9.09. The summed E-state index contributed by atoms with van der Waals surface area (Å²) in [6, 6.07) is 0.341. The third-order valence-corrected chi connectivity index (χ3v) is 6.48. The molecule has 1 saturated heterocycles. The summed E-state index contributed by atoms with van der Waals surface area (Å²) in [6.45, 7) is 1.54. The summed E-state index contributed by atoms with van der Waals surface area (Å²) in [4.78, 5) is 10.3. The van der Waals surface area contributed by atoms with Crippen LogP contribution in [0.25, 0.3) is 5.76 Å². The second-order valence-electron chi connectivity index (χ2n) is 5.71. The Morgan fingerprint density at radius 3 is 2.88 bits per heavy atom. The van der Waals surface area contributed by atoms with E-state index in [0.29, 0.717) is 22.6 Å². The van der Waals surface area contributed by atoms with Crippen LogP contribution in [0.1, 0.15) is 23.8 Å². The minimum atomic E-state index is -1.41. The van der Waals surface area contributed by atoms with Crippen molar-refractivity contribution in [3.05, 3.63) is 16.3 Å². The summed E-state index contributed by atoms with van der Waals surface area (Å²) in [5.41, 5.74) is 0.694. The lowest BCUT2D eigenvalue weighted by molar-refractivity contribution is 0.333. The van der Waals surface area contributed by atoms with E-state index in [1.807, 2.05) is 13.3 Å². The molecule has 2 heterocycles. The monoisotopic (exact) mass is 446 g/mol. The average molecular weight is 448 g/mol. The number of nitrogens with zero attached hydrogens (tertiary/aromatic N) is 3. The molecule has 0 spiro atoms. The first-order valence-corrected chi connectivity index (χ1v) is 10.2. The quantitative estimate of drug-likeness (QED) is 0.331. The van der Waals surface area contributed by atoms with Crippen LogP contribution >= 0.6 is 39.3 Å². The summed E-state index contributed by atoms with van der Waals surface area (Å²) in [6.07, 6.45) is 8.86. The number of halogens is 3. The largest absolute Gasteiger partial charge is 0.406 e. The van der Waals surface area contributed by atoms with Crippen LogP contribution in [-0.4, -0.2) is 47.2 Å².